The van der Waals surface area contributed by atoms with E-state index >= 15 is 0 Å². The number of nitrogens with zero attached hydrogens (tertiary/aromatic N) is 1. The van der Waals surface area contributed by atoms with E-state index in [1.54, 1.807) is 13.8 Å². The molecule has 0 aromatic heterocycles. The number of rotatable bonds is 8. The lowest BCUT2D eigenvalue weighted by molar-refractivity contribution is 0.0947. The van der Waals surface area contributed by atoms with Gasteiger partial charge in [-0.05, 0) is 29.7 Å². The maximum Gasteiger partial charge on any atom is 0.254 e. The first kappa shape index (κ1) is 21.1. The number of hydrogen-bond donors (Lipinski definition) is 1. The van der Waals surface area contributed by atoms with E-state index in [0.717, 1.165) is 17.7 Å². The van der Waals surface area contributed by atoms with Crippen LogP contribution in [0.25, 0.3) is 0 Å². The van der Waals surface area contributed by atoms with E-state index in [1.165, 1.54) is 10.4 Å². The van der Waals surface area contributed by atoms with Gasteiger partial charge in [0.15, 0.2) is 0 Å². The van der Waals surface area contributed by atoms with Gasteiger partial charge in [0.1, 0.15) is 5.82 Å². The third-order valence-electron chi connectivity index (χ3n) is 4.46. The fourth-order valence-corrected chi connectivity index (χ4v) is 4.28. The molecule has 1 amide bonds. The van der Waals surface area contributed by atoms with Crippen molar-refractivity contribution in [3.63, 3.8) is 0 Å². The molecule has 2 aromatic rings. The van der Waals surface area contributed by atoms with Crippen molar-refractivity contribution in [2.24, 2.45) is 0 Å². The van der Waals surface area contributed by atoms with Gasteiger partial charge in [-0.2, -0.15) is 4.31 Å². The Morgan fingerprint density at radius 2 is 1.74 bits per heavy atom. The van der Waals surface area contributed by atoms with Crippen molar-refractivity contribution in [1.82, 2.24) is 9.62 Å². The molecule has 0 saturated carbocycles. The molecule has 1 N–H and O–H groups in total. The Labute approximate surface area is 160 Å². The van der Waals surface area contributed by atoms with Gasteiger partial charge < -0.3 is 5.32 Å². The second-order valence-electron chi connectivity index (χ2n) is 6.25. The number of sulfonamides is 1. The van der Waals surface area contributed by atoms with E-state index in [4.69, 9.17) is 0 Å². The van der Waals surface area contributed by atoms with Crippen molar-refractivity contribution in [3.8, 4) is 0 Å². The molecule has 0 spiro atoms. The highest BCUT2D eigenvalue weighted by Gasteiger charge is 2.24. The van der Waals surface area contributed by atoms with Gasteiger partial charge in [0, 0.05) is 19.6 Å². The van der Waals surface area contributed by atoms with E-state index < -0.39 is 21.7 Å². The second kappa shape index (κ2) is 9.10. The zero-order valence-electron chi connectivity index (χ0n) is 15.8. The lowest BCUT2D eigenvalue weighted by Gasteiger charge is -2.19. The van der Waals surface area contributed by atoms with Gasteiger partial charge in [-0.25, -0.2) is 12.8 Å². The molecular formula is C20H25FN2O3S. The molecular weight excluding hydrogens is 367 g/mol. The van der Waals surface area contributed by atoms with Crippen LogP contribution >= 0.6 is 0 Å². The van der Waals surface area contributed by atoms with Gasteiger partial charge in [-0.1, -0.05) is 51.1 Å². The van der Waals surface area contributed by atoms with Crippen LogP contribution in [0.2, 0.25) is 0 Å². The third-order valence-corrected chi connectivity index (χ3v) is 6.51. The molecule has 0 heterocycles. The van der Waals surface area contributed by atoms with E-state index in [-0.39, 0.29) is 16.4 Å². The lowest BCUT2D eigenvalue weighted by Crippen LogP contribution is -2.31. The van der Waals surface area contributed by atoms with Crippen LogP contribution in [0.1, 0.15) is 42.6 Å². The summed E-state index contributed by atoms with van der Waals surface area (Å²) in [6.45, 7) is 6.31. The fraction of sp³-hybridized carbons (Fsp3) is 0.350. The molecule has 7 heteroatoms. The van der Waals surface area contributed by atoms with Gasteiger partial charge in [0.05, 0.1) is 10.5 Å². The van der Waals surface area contributed by atoms with Crippen molar-refractivity contribution in [2.75, 3.05) is 19.6 Å². The first-order valence-corrected chi connectivity index (χ1v) is 10.4. The van der Waals surface area contributed by atoms with Crippen LogP contribution in [0.3, 0.4) is 0 Å². The van der Waals surface area contributed by atoms with Crippen LogP contribution < -0.4 is 5.32 Å². The summed E-state index contributed by atoms with van der Waals surface area (Å²) in [6, 6.07) is 12.9. The molecule has 0 saturated heterocycles. The van der Waals surface area contributed by atoms with Crippen LogP contribution in [0.5, 0.6) is 0 Å². The molecule has 2 rings (SSSR count). The third kappa shape index (κ3) is 4.93. The zero-order valence-corrected chi connectivity index (χ0v) is 16.6. The second-order valence-corrected chi connectivity index (χ2v) is 8.19. The molecule has 146 valence electrons. The van der Waals surface area contributed by atoms with Gasteiger partial charge >= 0.3 is 0 Å². The van der Waals surface area contributed by atoms with E-state index in [1.807, 2.05) is 37.3 Å². The average molecular weight is 392 g/mol. The molecule has 0 radical (unpaired) electrons. The zero-order chi connectivity index (χ0) is 20.0. The molecule has 0 aliphatic carbocycles. The minimum Gasteiger partial charge on any atom is -0.351 e. The minimum absolute atomic E-state index is 0.0424. The lowest BCUT2D eigenvalue weighted by atomic mass is 10.0. The number of carbonyl (C=O) groups is 1. The highest BCUT2D eigenvalue weighted by Crippen LogP contribution is 2.20. The Morgan fingerprint density at radius 3 is 2.33 bits per heavy atom. The fourth-order valence-electron chi connectivity index (χ4n) is 2.79. The Hall–Kier alpha value is -2.25. The van der Waals surface area contributed by atoms with Crippen LogP contribution in [0.4, 0.5) is 4.39 Å². The van der Waals surface area contributed by atoms with Crippen LogP contribution in [-0.4, -0.2) is 38.3 Å². The van der Waals surface area contributed by atoms with Gasteiger partial charge in [0.25, 0.3) is 5.91 Å². The van der Waals surface area contributed by atoms with Crippen molar-refractivity contribution < 1.29 is 17.6 Å². The smallest absolute Gasteiger partial charge is 0.254 e. The van der Waals surface area contributed by atoms with E-state index in [2.05, 4.69) is 5.32 Å². The molecule has 27 heavy (non-hydrogen) atoms. The van der Waals surface area contributed by atoms with E-state index in [9.17, 15) is 17.6 Å². The average Bonchev–Trinajstić information content (AvgIpc) is 2.67. The predicted molar refractivity (Wildman–Crippen MR) is 104 cm³/mol. The van der Waals surface area contributed by atoms with Crippen molar-refractivity contribution >= 4 is 15.9 Å². The molecule has 5 nitrogen and oxygen atoms in total. The Balaban J connectivity index is 2.19. The van der Waals surface area contributed by atoms with Crippen molar-refractivity contribution in [3.05, 3.63) is 65.5 Å². The summed E-state index contributed by atoms with van der Waals surface area (Å²) >= 11 is 0. The molecule has 0 aliphatic rings. The molecule has 1 atom stereocenters. The maximum atomic E-state index is 14.2. The topological polar surface area (TPSA) is 66.5 Å². The van der Waals surface area contributed by atoms with Crippen LogP contribution in [0, 0.1) is 5.82 Å². The van der Waals surface area contributed by atoms with Crippen molar-refractivity contribution in [2.45, 2.75) is 31.6 Å². The molecule has 0 fully saturated rings. The summed E-state index contributed by atoms with van der Waals surface area (Å²) in [5.74, 6) is -1.34. The molecule has 0 aliphatic heterocycles. The van der Waals surface area contributed by atoms with Crippen LogP contribution in [0.15, 0.2) is 53.4 Å². The molecule has 2 aromatic carbocycles. The maximum absolute atomic E-state index is 14.2. The number of carbonyl (C=O) groups excluding carboxylic acids is 1. The molecule has 0 unspecified atom stereocenters. The largest absolute Gasteiger partial charge is 0.351 e. The summed E-state index contributed by atoms with van der Waals surface area (Å²) in [5, 5.41) is 2.69. The normalized spacial score (nSPS) is 12.8. The summed E-state index contributed by atoms with van der Waals surface area (Å²) in [5.41, 5.74) is 0.777. The monoisotopic (exact) mass is 392 g/mol. The predicted octanol–water partition coefficient (Wildman–Crippen LogP) is 3.39. The quantitative estimate of drug-likeness (QED) is 0.749. The van der Waals surface area contributed by atoms with Crippen LogP contribution in [-0.2, 0) is 10.0 Å². The Kier molecular flexibility index (Phi) is 7.10. The highest BCUT2D eigenvalue weighted by molar-refractivity contribution is 7.89. The summed E-state index contributed by atoms with van der Waals surface area (Å²) in [7, 11) is -3.76. The van der Waals surface area contributed by atoms with Crippen molar-refractivity contribution in [1.29, 1.82) is 0 Å². The Bertz CT molecular complexity index is 881. The molecule has 0 bridgehead atoms. The number of hydrogen-bond acceptors (Lipinski definition) is 3. The standard InChI is InChI=1S/C20H25FN2O3S/c1-4-23(5-2)27(25,26)17-11-12-19(21)18(13-17)20(24)22-14-15(3)16-9-7-6-8-10-16/h6-13,15H,4-5,14H2,1-3H3,(H,22,24)/t15-/m0/s1. The highest BCUT2D eigenvalue weighted by atomic mass is 32.2. The number of halogens is 1. The van der Waals surface area contributed by atoms with Gasteiger partial charge in [-0.15, -0.1) is 0 Å². The van der Waals surface area contributed by atoms with Gasteiger partial charge in [0.2, 0.25) is 10.0 Å². The summed E-state index contributed by atoms with van der Waals surface area (Å²) in [4.78, 5) is 12.3. The first-order chi connectivity index (χ1) is 12.8. The van der Waals surface area contributed by atoms with Gasteiger partial charge in [-0.3, -0.25) is 4.79 Å². The number of amides is 1. The number of nitrogens with one attached hydrogen (secondary N) is 1. The first-order valence-electron chi connectivity index (χ1n) is 8.94. The summed E-state index contributed by atoms with van der Waals surface area (Å²) in [6.07, 6.45) is 0. The Morgan fingerprint density at radius 1 is 1.11 bits per heavy atom. The summed E-state index contributed by atoms with van der Waals surface area (Å²) < 4.78 is 40.6. The number of benzene rings is 2. The SMILES string of the molecule is CCN(CC)S(=O)(=O)c1ccc(F)c(C(=O)NC[C@H](C)c2ccccc2)c1. The van der Waals surface area contributed by atoms with E-state index in [0.29, 0.717) is 19.6 Å². The minimum atomic E-state index is -3.76.